The topological polar surface area (TPSA) is 75.6 Å². The van der Waals surface area contributed by atoms with Gasteiger partial charge in [-0.15, -0.1) is 24.8 Å². The summed E-state index contributed by atoms with van der Waals surface area (Å²) in [5.41, 5.74) is 7.78. The van der Waals surface area contributed by atoms with Crippen LogP contribution in [-0.4, -0.2) is 48.5 Å². The van der Waals surface area contributed by atoms with E-state index in [1.807, 2.05) is 36.2 Å². The minimum absolute atomic E-state index is 0. The molecule has 6 nitrogen and oxygen atoms in total. The number of benzene rings is 1. The van der Waals surface area contributed by atoms with Gasteiger partial charge in [-0.2, -0.15) is 4.98 Å². The standard InChI is InChI=1S/C20H30N4O2.2ClH/c1-14(2)16(21)10-11-23(3)19(25)15-8-12-24(13-9-15)20-22-17-6-4-5-7-18(17)26-20;;/h4-7,14-16H,8-13,21H2,1-3H3;2*1H. The van der Waals surface area contributed by atoms with Crippen LogP contribution >= 0.6 is 24.8 Å². The molecule has 8 heteroatoms. The first-order valence-corrected chi connectivity index (χ1v) is 9.56. The fraction of sp³-hybridized carbons (Fsp3) is 0.600. The minimum Gasteiger partial charge on any atom is -0.423 e. The van der Waals surface area contributed by atoms with Crippen molar-refractivity contribution in [1.82, 2.24) is 9.88 Å². The Kier molecular flexibility index (Phi) is 9.54. The number of piperidine rings is 1. The molecule has 2 heterocycles. The first kappa shape index (κ1) is 24.5. The summed E-state index contributed by atoms with van der Waals surface area (Å²) in [4.78, 5) is 21.2. The Morgan fingerprint density at radius 2 is 1.93 bits per heavy atom. The fourth-order valence-corrected chi connectivity index (χ4v) is 3.41. The van der Waals surface area contributed by atoms with Gasteiger partial charge in [0.1, 0.15) is 5.52 Å². The lowest BCUT2D eigenvalue weighted by Crippen LogP contribution is -2.42. The summed E-state index contributed by atoms with van der Waals surface area (Å²) in [7, 11) is 1.89. The number of carbonyl (C=O) groups excluding carboxylic acids is 1. The van der Waals surface area contributed by atoms with Crippen molar-refractivity contribution in [2.24, 2.45) is 17.6 Å². The quantitative estimate of drug-likeness (QED) is 0.755. The van der Waals surface area contributed by atoms with E-state index in [9.17, 15) is 4.79 Å². The van der Waals surface area contributed by atoms with Crippen LogP contribution in [0.2, 0.25) is 0 Å². The van der Waals surface area contributed by atoms with E-state index in [0.717, 1.165) is 50.0 Å². The number of amides is 1. The van der Waals surface area contributed by atoms with Gasteiger partial charge < -0.3 is 20.0 Å². The van der Waals surface area contributed by atoms with Crippen LogP contribution in [0.1, 0.15) is 33.1 Å². The average Bonchev–Trinajstić information content (AvgIpc) is 3.09. The van der Waals surface area contributed by atoms with Crippen molar-refractivity contribution in [2.45, 2.75) is 39.2 Å². The third-order valence-electron chi connectivity index (χ3n) is 5.43. The molecule has 1 aromatic carbocycles. The molecule has 0 aliphatic carbocycles. The third-order valence-corrected chi connectivity index (χ3v) is 5.43. The Morgan fingerprint density at radius 1 is 1.29 bits per heavy atom. The summed E-state index contributed by atoms with van der Waals surface area (Å²) in [6.45, 7) is 6.55. The monoisotopic (exact) mass is 430 g/mol. The van der Waals surface area contributed by atoms with Crippen molar-refractivity contribution in [2.75, 3.05) is 31.6 Å². The molecule has 2 aromatic rings. The number of anilines is 1. The zero-order chi connectivity index (χ0) is 18.7. The van der Waals surface area contributed by atoms with E-state index >= 15 is 0 Å². The van der Waals surface area contributed by atoms with Crippen LogP contribution in [0.15, 0.2) is 28.7 Å². The number of hydrogen-bond acceptors (Lipinski definition) is 5. The van der Waals surface area contributed by atoms with Crippen molar-refractivity contribution in [3.05, 3.63) is 24.3 Å². The van der Waals surface area contributed by atoms with Crippen molar-refractivity contribution in [3.8, 4) is 0 Å². The number of rotatable bonds is 6. The molecule has 1 atom stereocenters. The lowest BCUT2D eigenvalue weighted by molar-refractivity contribution is -0.135. The van der Waals surface area contributed by atoms with Gasteiger partial charge in [-0.25, -0.2) is 0 Å². The number of oxazole rings is 1. The summed E-state index contributed by atoms with van der Waals surface area (Å²) >= 11 is 0. The first-order chi connectivity index (χ1) is 12.5. The predicted molar refractivity (Wildman–Crippen MR) is 119 cm³/mol. The Hall–Kier alpha value is -1.50. The molecule has 1 unspecified atom stereocenters. The molecule has 1 aromatic heterocycles. The molecule has 1 aliphatic heterocycles. The molecular weight excluding hydrogens is 399 g/mol. The van der Waals surface area contributed by atoms with E-state index in [1.54, 1.807) is 0 Å². The second-order valence-electron chi connectivity index (χ2n) is 7.68. The Morgan fingerprint density at radius 3 is 2.54 bits per heavy atom. The van der Waals surface area contributed by atoms with E-state index in [1.165, 1.54) is 0 Å². The maximum atomic E-state index is 12.7. The molecule has 158 valence electrons. The summed E-state index contributed by atoms with van der Waals surface area (Å²) in [6, 6.07) is 8.60. The molecule has 1 fully saturated rings. The van der Waals surface area contributed by atoms with E-state index < -0.39 is 0 Å². The maximum absolute atomic E-state index is 12.7. The molecule has 28 heavy (non-hydrogen) atoms. The predicted octanol–water partition coefficient (Wildman–Crippen LogP) is 3.72. The zero-order valence-corrected chi connectivity index (χ0v) is 18.5. The van der Waals surface area contributed by atoms with Crippen LogP contribution < -0.4 is 10.6 Å². The van der Waals surface area contributed by atoms with Crippen LogP contribution in [0.3, 0.4) is 0 Å². The highest BCUT2D eigenvalue weighted by molar-refractivity contribution is 5.85. The molecule has 1 amide bonds. The molecule has 1 saturated heterocycles. The Labute approximate surface area is 179 Å². The first-order valence-electron chi connectivity index (χ1n) is 9.56. The lowest BCUT2D eigenvalue weighted by atomic mass is 9.95. The molecule has 0 radical (unpaired) electrons. The van der Waals surface area contributed by atoms with E-state index in [2.05, 4.69) is 23.7 Å². The number of hydrogen-bond donors (Lipinski definition) is 1. The highest BCUT2D eigenvalue weighted by atomic mass is 35.5. The van der Waals surface area contributed by atoms with Crippen molar-refractivity contribution in [3.63, 3.8) is 0 Å². The number of nitrogens with zero attached hydrogens (tertiary/aromatic N) is 3. The molecule has 0 spiro atoms. The number of aromatic nitrogens is 1. The van der Waals surface area contributed by atoms with Gasteiger partial charge in [-0.05, 0) is 37.3 Å². The van der Waals surface area contributed by atoms with Gasteiger partial charge >= 0.3 is 0 Å². The second-order valence-corrected chi connectivity index (χ2v) is 7.68. The molecule has 2 N–H and O–H groups in total. The van der Waals surface area contributed by atoms with E-state index in [-0.39, 0.29) is 42.7 Å². The summed E-state index contributed by atoms with van der Waals surface area (Å²) in [5.74, 6) is 0.757. The van der Waals surface area contributed by atoms with Crippen molar-refractivity contribution in [1.29, 1.82) is 0 Å². The summed E-state index contributed by atoms with van der Waals surface area (Å²) in [6.07, 6.45) is 2.51. The fourth-order valence-electron chi connectivity index (χ4n) is 3.41. The maximum Gasteiger partial charge on any atom is 0.298 e. The van der Waals surface area contributed by atoms with E-state index in [4.69, 9.17) is 10.2 Å². The van der Waals surface area contributed by atoms with Gasteiger partial charge in [0, 0.05) is 38.6 Å². The Bertz CT molecular complexity index is 712. The van der Waals surface area contributed by atoms with Gasteiger partial charge in [0.15, 0.2) is 5.58 Å². The summed E-state index contributed by atoms with van der Waals surface area (Å²) in [5, 5.41) is 0. The molecular formula is C20H32Cl2N4O2. The van der Waals surface area contributed by atoms with Gasteiger partial charge in [0.05, 0.1) is 0 Å². The molecule has 0 bridgehead atoms. The average molecular weight is 431 g/mol. The minimum atomic E-state index is 0. The normalized spacial score (nSPS) is 15.8. The second kappa shape index (κ2) is 10.9. The largest absolute Gasteiger partial charge is 0.423 e. The molecule has 0 saturated carbocycles. The highest BCUT2D eigenvalue weighted by Gasteiger charge is 2.29. The number of halogens is 2. The number of nitrogens with two attached hydrogens (primary N) is 1. The van der Waals surface area contributed by atoms with Crippen LogP contribution in [0.4, 0.5) is 6.01 Å². The zero-order valence-electron chi connectivity index (χ0n) is 16.8. The summed E-state index contributed by atoms with van der Waals surface area (Å²) < 4.78 is 5.84. The van der Waals surface area contributed by atoms with Crippen LogP contribution in [-0.2, 0) is 4.79 Å². The lowest BCUT2D eigenvalue weighted by Gasteiger charge is -2.32. The molecule has 1 aliphatic rings. The third kappa shape index (κ3) is 5.75. The van der Waals surface area contributed by atoms with Crippen LogP contribution in [0.25, 0.3) is 11.1 Å². The van der Waals surface area contributed by atoms with Crippen molar-refractivity contribution >= 4 is 47.8 Å². The Balaban J connectivity index is 0.00000196. The van der Waals surface area contributed by atoms with Gasteiger partial charge in [-0.3, -0.25) is 4.79 Å². The number of para-hydroxylation sites is 2. The van der Waals surface area contributed by atoms with Crippen molar-refractivity contribution < 1.29 is 9.21 Å². The van der Waals surface area contributed by atoms with Gasteiger partial charge in [0.25, 0.3) is 6.01 Å². The van der Waals surface area contributed by atoms with Gasteiger partial charge in [-0.1, -0.05) is 26.0 Å². The number of carbonyl (C=O) groups is 1. The smallest absolute Gasteiger partial charge is 0.298 e. The number of fused-ring (bicyclic) bond motifs is 1. The van der Waals surface area contributed by atoms with Crippen LogP contribution in [0.5, 0.6) is 0 Å². The highest BCUT2D eigenvalue weighted by Crippen LogP contribution is 2.27. The van der Waals surface area contributed by atoms with E-state index in [0.29, 0.717) is 11.9 Å². The van der Waals surface area contributed by atoms with Crippen LogP contribution in [0, 0.1) is 11.8 Å². The SMILES string of the molecule is CC(C)C(N)CCN(C)C(=O)C1CCN(c2nc3ccccc3o2)CC1.Cl.Cl. The van der Waals surface area contributed by atoms with Gasteiger partial charge in [0.2, 0.25) is 5.91 Å². The molecule has 3 rings (SSSR count).